The SMILES string of the molecule is Cc1cc(C[C@H](NC(=O)OC(C)(C)C)C(=O)O)ccn1. The second-order valence-corrected chi connectivity index (χ2v) is 5.55. The Morgan fingerprint density at radius 2 is 2.10 bits per heavy atom. The molecule has 1 amide bonds. The highest BCUT2D eigenvalue weighted by Crippen LogP contribution is 2.09. The number of hydrogen-bond donors (Lipinski definition) is 2. The van der Waals surface area contributed by atoms with E-state index in [9.17, 15) is 9.59 Å². The predicted octanol–water partition coefficient (Wildman–Crippen LogP) is 1.91. The first-order valence-electron chi connectivity index (χ1n) is 6.31. The largest absolute Gasteiger partial charge is 0.480 e. The average molecular weight is 280 g/mol. The average Bonchev–Trinajstić information content (AvgIpc) is 2.25. The zero-order valence-electron chi connectivity index (χ0n) is 12.1. The van der Waals surface area contributed by atoms with E-state index < -0.39 is 23.7 Å². The maximum absolute atomic E-state index is 11.6. The quantitative estimate of drug-likeness (QED) is 0.879. The molecule has 0 saturated carbocycles. The third kappa shape index (κ3) is 5.69. The van der Waals surface area contributed by atoms with Crippen molar-refractivity contribution >= 4 is 12.1 Å². The van der Waals surface area contributed by atoms with Gasteiger partial charge < -0.3 is 15.2 Å². The second-order valence-electron chi connectivity index (χ2n) is 5.55. The minimum absolute atomic E-state index is 0.179. The summed E-state index contributed by atoms with van der Waals surface area (Å²) in [6.45, 7) is 6.97. The molecule has 0 aromatic carbocycles. The molecule has 1 atom stereocenters. The van der Waals surface area contributed by atoms with E-state index in [1.54, 1.807) is 39.1 Å². The lowest BCUT2D eigenvalue weighted by molar-refractivity contribution is -0.139. The summed E-state index contributed by atoms with van der Waals surface area (Å²) in [5, 5.41) is 11.5. The van der Waals surface area contributed by atoms with Gasteiger partial charge in [-0.3, -0.25) is 4.98 Å². The molecule has 0 aliphatic heterocycles. The summed E-state index contributed by atoms with van der Waals surface area (Å²) >= 11 is 0. The molecule has 1 aromatic rings. The number of carbonyl (C=O) groups is 2. The van der Waals surface area contributed by atoms with Crippen LogP contribution in [0.25, 0.3) is 0 Å². The van der Waals surface area contributed by atoms with E-state index in [0.717, 1.165) is 11.3 Å². The molecule has 110 valence electrons. The number of aryl methyl sites for hydroxylation is 1. The van der Waals surface area contributed by atoms with Crippen LogP contribution >= 0.6 is 0 Å². The molecule has 0 unspecified atom stereocenters. The van der Waals surface area contributed by atoms with Crippen LogP contribution in [-0.4, -0.2) is 33.8 Å². The number of carboxylic acid groups (broad SMARTS) is 1. The van der Waals surface area contributed by atoms with Gasteiger partial charge in [0.05, 0.1) is 0 Å². The molecule has 0 radical (unpaired) electrons. The number of pyridine rings is 1. The summed E-state index contributed by atoms with van der Waals surface area (Å²) in [6.07, 6.45) is 1.05. The van der Waals surface area contributed by atoms with E-state index >= 15 is 0 Å². The van der Waals surface area contributed by atoms with Gasteiger partial charge in [-0.1, -0.05) is 0 Å². The number of carbonyl (C=O) groups excluding carboxylic acids is 1. The van der Waals surface area contributed by atoms with Gasteiger partial charge in [0.1, 0.15) is 11.6 Å². The number of ether oxygens (including phenoxy) is 1. The molecule has 2 N–H and O–H groups in total. The first kappa shape index (κ1) is 15.9. The van der Waals surface area contributed by atoms with E-state index in [1.165, 1.54) is 0 Å². The second kappa shape index (κ2) is 6.36. The Hall–Kier alpha value is -2.11. The van der Waals surface area contributed by atoms with Crippen molar-refractivity contribution in [1.29, 1.82) is 0 Å². The van der Waals surface area contributed by atoms with Crippen LogP contribution in [0, 0.1) is 6.92 Å². The highest BCUT2D eigenvalue weighted by Gasteiger charge is 2.24. The van der Waals surface area contributed by atoms with Gasteiger partial charge in [0.25, 0.3) is 0 Å². The number of hydrogen-bond acceptors (Lipinski definition) is 4. The van der Waals surface area contributed by atoms with Gasteiger partial charge in [-0.15, -0.1) is 0 Å². The van der Waals surface area contributed by atoms with Crippen molar-refractivity contribution in [2.45, 2.75) is 45.8 Å². The van der Waals surface area contributed by atoms with Crippen LogP contribution in [0.15, 0.2) is 18.3 Å². The number of amides is 1. The minimum Gasteiger partial charge on any atom is -0.480 e. The lowest BCUT2D eigenvalue weighted by atomic mass is 10.1. The summed E-state index contributed by atoms with van der Waals surface area (Å²) in [6, 6.07) is 2.47. The fourth-order valence-electron chi connectivity index (χ4n) is 1.62. The number of rotatable bonds is 4. The molecule has 0 aliphatic rings. The number of carboxylic acids is 1. The molecule has 1 aromatic heterocycles. The fourth-order valence-corrected chi connectivity index (χ4v) is 1.62. The van der Waals surface area contributed by atoms with Crippen LogP contribution < -0.4 is 5.32 Å². The number of aromatic nitrogens is 1. The third-order valence-corrected chi connectivity index (χ3v) is 2.39. The van der Waals surface area contributed by atoms with E-state index in [2.05, 4.69) is 10.3 Å². The summed E-state index contributed by atoms with van der Waals surface area (Å²) in [5.41, 5.74) is 0.922. The van der Waals surface area contributed by atoms with Crippen LogP contribution in [0.5, 0.6) is 0 Å². The standard InChI is InChI=1S/C14H20N2O4/c1-9-7-10(5-6-15-9)8-11(12(17)18)16-13(19)20-14(2,3)4/h5-7,11H,8H2,1-4H3,(H,16,19)(H,17,18)/t11-/m0/s1. The van der Waals surface area contributed by atoms with Crippen LogP contribution in [0.3, 0.4) is 0 Å². The molecule has 0 saturated heterocycles. The zero-order valence-corrected chi connectivity index (χ0v) is 12.1. The van der Waals surface area contributed by atoms with E-state index in [4.69, 9.17) is 9.84 Å². The minimum atomic E-state index is -1.11. The van der Waals surface area contributed by atoms with Crippen molar-refractivity contribution in [2.24, 2.45) is 0 Å². The number of nitrogens with one attached hydrogen (secondary N) is 1. The Morgan fingerprint density at radius 1 is 1.45 bits per heavy atom. The Kier molecular flexibility index (Phi) is 5.07. The Morgan fingerprint density at radius 3 is 2.60 bits per heavy atom. The van der Waals surface area contributed by atoms with Crippen molar-refractivity contribution in [3.05, 3.63) is 29.6 Å². The van der Waals surface area contributed by atoms with Crippen molar-refractivity contribution < 1.29 is 19.4 Å². The van der Waals surface area contributed by atoms with Gasteiger partial charge in [0.15, 0.2) is 0 Å². The van der Waals surface area contributed by atoms with Gasteiger partial charge in [0, 0.05) is 18.3 Å². The van der Waals surface area contributed by atoms with Crippen molar-refractivity contribution in [1.82, 2.24) is 10.3 Å². The highest BCUT2D eigenvalue weighted by atomic mass is 16.6. The topological polar surface area (TPSA) is 88.5 Å². The smallest absolute Gasteiger partial charge is 0.408 e. The van der Waals surface area contributed by atoms with Crippen LogP contribution in [0.2, 0.25) is 0 Å². The fraction of sp³-hybridized carbons (Fsp3) is 0.500. The normalized spacial score (nSPS) is 12.6. The molecule has 6 nitrogen and oxygen atoms in total. The monoisotopic (exact) mass is 280 g/mol. The molecule has 0 spiro atoms. The summed E-state index contributed by atoms with van der Waals surface area (Å²) in [5.74, 6) is -1.11. The molecular formula is C14H20N2O4. The van der Waals surface area contributed by atoms with Gasteiger partial charge in [0.2, 0.25) is 0 Å². The predicted molar refractivity (Wildman–Crippen MR) is 73.5 cm³/mol. The summed E-state index contributed by atoms with van der Waals surface area (Å²) in [7, 11) is 0. The first-order chi connectivity index (χ1) is 9.17. The number of nitrogens with zero attached hydrogens (tertiary/aromatic N) is 1. The number of alkyl carbamates (subject to hydrolysis) is 1. The van der Waals surface area contributed by atoms with Gasteiger partial charge in [-0.05, 0) is 45.4 Å². The van der Waals surface area contributed by atoms with Crippen molar-refractivity contribution in [2.75, 3.05) is 0 Å². The van der Waals surface area contributed by atoms with Gasteiger partial charge >= 0.3 is 12.1 Å². The van der Waals surface area contributed by atoms with E-state index in [1.807, 2.05) is 6.92 Å². The maximum atomic E-state index is 11.6. The van der Waals surface area contributed by atoms with E-state index in [0.29, 0.717) is 0 Å². The highest BCUT2D eigenvalue weighted by molar-refractivity contribution is 5.80. The van der Waals surface area contributed by atoms with Crippen LogP contribution in [-0.2, 0) is 16.0 Å². The Labute approximate surface area is 118 Å². The molecule has 0 fully saturated rings. The van der Waals surface area contributed by atoms with Gasteiger partial charge in [-0.2, -0.15) is 0 Å². The van der Waals surface area contributed by atoms with Crippen molar-refractivity contribution in [3.8, 4) is 0 Å². The zero-order chi connectivity index (χ0) is 15.3. The van der Waals surface area contributed by atoms with Crippen molar-refractivity contribution in [3.63, 3.8) is 0 Å². The molecule has 6 heteroatoms. The molecular weight excluding hydrogens is 260 g/mol. The maximum Gasteiger partial charge on any atom is 0.408 e. The Bertz CT molecular complexity index is 494. The molecule has 1 rings (SSSR count). The third-order valence-electron chi connectivity index (χ3n) is 2.39. The lowest BCUT2D eigenvalue weighted by Crippen LogP contribution is -2.44. The van der Waals surface area contributed by atoms with E-state index in [-0.39, 0.29) is 6.42 Å². The lowest BCUT2D eigenvalue weighted by Gasteiger charge is -2.22. The molecule has 20 heavy (non-hydrogen) atoms. The molecule has 0 aliphatic carbocycles. The van der Waals surface area contributed by atoms with Gasteiger partial charge in [-0.25, -0.2) is 9.59 Å². The molecule has 1 heterocycles. The Balaban J connectivity index is 2.71. The number of aliphatic carboxylic acids is 1. The summed E-state index contributed by atoms with van der Waals surface area (Å²) in [4.78, 5) is 26.9. The first-order valence-corrected chi connectivity index (χ1v) is 6.31. The molecule has 0 bridgehead atoms. The van der Waals surface area contributed by atoms with Crippen LogP contribution in [0.4, 0.5) is 4.79 Å². The van der Waals surface area contributed by atoms with Crippen LogP contribution in [0.1, 0.15) is 32.0 Å². The summed E-state index contributed by atoms with van der Waals surface area (Å²) < 4.78 is 5.05.